The summed E-state index contributed by atoms with van der Waals surface area (Å²) in [5.74, 6) is -0.468. The van der Waals surface area contributed by atoms with Crippen molar-refractivity contribution in [2.24, 2.45) is 0 Å². The molecule has 0 heterocycles. The summed E-state index contributed by atoms with van der Waals surface area (Å²) in [7, 11) is 0. The molecule has 0 aromatic rings. The van der Waals surface area contributed by atoms with Gasteiger partial charge in [0, 0.05) is 22.9 Å². The highest BCUT2D eigenvalue weighted by atomic mass is 32.1. The molecule has 0 spiro atoms. The molecule has 0 aromatic heterocycles. The van der Waals surface area contributed by atoms with Gasteiger partial charge in [0.15, 0.2) is 0 Å². The van der Waals surface area contributed by atoms with Crippen LogP contribution in [-0.4, -0.2) is 69.7 Å². The molecule has 0 aliphatic heterocycles. The Morgan fingerprint density at radius 2 is 1.83 bits per heavy atom. The Bertz CT molecular complexity index is 369. The van der Waals surface area contributed by atoms with Gasteiger partial charge in [0.05, 0.1) is 32.0 Å². The average molecular weight is 375 g/mol. The second-order valence-electron chi connectivity index (χ2n) is 5.46. The number of ether oxygens (including phenoxy) is 3. The molecule has 0 saturated carbocycles. The van der Waals surface area contributed by atoms with Crippen molar-refractivity contribution in [3.05, 3.63) is 0 Å². The lowest BCUT2D eigenvalue weighted by Crippen LogP contribution is -2.44. The Balaban J connectivity index is -0.000000807. The van der Waals surface area contributed by atoms with Gasteiger partial charge in [-0.2, -0.15) is 13.5 Å². The molecule has 0 aliphatic rings. The van der Waals surface area contributed by atoms with E-state index in [1.807, 2.05) is 6.92 Å². The SMILES string of the molecule is CCOCC(=O)NCCOCCOC(C)(C)C(F)CNC(C)=O.S.[HH].[HH]. The normalized spacial score (nSPS) is 12.2. The molecule has 0 bridgehead atoms. The molecule has 148 valence electrons. The van der Waals surface area contributed by atoms with Crippen LogP contribution in [0.1, 0.15) is 30.5 Å². The van der Waals surface area contributed by atoms with Crippen LogP contribution in [0.15, 0.2) is 0 Å². The standard InChI is InChI=1S/C15H29FN2O5.H2S.2H2/c1-5-21-11-14(20)17-6-7-22-8-9-23-15(3,4)13(16)10-18-12(2)19;;;/h13H,5-11H2,1-4H3,(H,17,20)(H,18,19);1H2;2*1H. The third-order valence-electron chi connectivity index (χ3n) is 2.99. The number of carbonyl (C=O) groups excluding carboxylic acids is 2. The zero-order valence-electron chi connectivity index (χ0n) is 14.9. The van der Waals surface area contributed by atoms with Gasteiger partial charge in [-0.05, 0) is 20.8 Å². The van der Waals surface area contributed by atoms with Crippen LogP contribution in [0.4, 0.5) is 4.39 Å². The summed E-state index contributed by atoms with van der Waals surface area (Å²) in [4.78, 5) is 22.0. The molecular weight excluding hydrogens is 339 g/mol. The lowest BCUT2D eigenvalue weighted by Gasteiger charge is -2.29. The quantitative estimate of drug-likeness (QED) is 0.470. The number of carbonyl (C=O) groups is 2. The predicted octanol–water partition coefficient (Wildman–Crippen LogP) is 1.03. The number of amides is 2. The maximum absolute atomic E-state index is 13.9. The first-order valence-corrected chi connectivity index (χ1v) is 7.74. The minimum atomic E-state index is -1.32. The van der Waals surface area contributed by atoms with Gasteiger partial charge < -0.3 is 24.8 Å². The molecule has 0 radical (unpaired) electrons. The molecule has 0 aromatic carbocycles. The highest BCUT2D eigenvalue weighted by Gasteiger charge is 2.30. The van der Waals surface area contributed by atoms with Gasteiger partial charge in [0.1, 0.15) is 12.8 Å². The monoisotopic (exact) mass is 374 g/mol. The van der Waals surface area contributed by atoms with Crippen molar-refractivity contribution in [3.8, 4) is 0 Å². The van der Waals surface area contributed by atoms with Gasteiger partial charge in [-0.25, -0.2) is 4.39 Å². The Hall–Kier alpha value is -0.900. The van der Waals surface area contributed by atoms with Crippen LogP contribution < -0.4 is 10.6 Å². The Morgan fingerprint density at radius 1 is 1.17 bits per heavy atom. The first-order chi connectivity index (χ1) is 10.8. The van der Waals surface area contributed by atoms with Crippen molar-refractivity contribution < 1.29 is 31.0 Å². The molecule has 0 rings (SSSR count). The average Bonchev–Trinajstić information content (AvgIpc) is 2.49. The number of halogens is 1. The maximum Gasteiger partial charge on any atom is 0.246 e. The number of rotatable bonds is 13. The van der Waals surface area contributed by atoms with Crippen LogP contribution in [0.2, 0.25) is 0 Å². The van der Waals surface area contributed by atoms with Crippen LogP contribution in [-0.2, 0) is 23.8 Å². The van der Waals surface area contributed by atoms with Gasteiger partial charge in [-0.3, -0.25) is 9.59 Å². The summed E-state index contributed by atoms with van der Waals surface area (Å²) in [6.07, 6.45) is -1.32. The van der Waals surface area contributed by atoms with Gasteiger partial charge in [0.2, 0.25) is 11.8 Å². The summed E-state index contributed by atoms with van der Waals surface area (Å²) < 4.78 is 29.6. The second kappa shape index (κ2) is 14.4. The smallest absolute Gasteiger partial charge is 0.246 e. The number of nitrogens with one attached hydrogen (secondary N) is 2. The lowest BCUT2D eigenvalue weighted by molar-refractivity contribution is -0.125. The van der Waals surface area contributed by atoms with Crippen molar-refractivity contribution in [1.82, 2.24) is 10.6 Å². The number of hydrogen-bond donors (Lipinski definition) is 2. The maximum atomic E-state index is 13.9. The molecule has 9 heteroatoms. The Kier molecular flexibility index (Phi) is 15.3. The Labute approximate surface area is 153 Å². The van der Waals surface area contributed by atoms with Crippen LogP contribution in [0.3, 0.4) is 0 Å². The van der Waals surface area contributed by atoms with E-state index in [4.69, 9.17) is 14.2 Å². The van der Waals surface area contributed by atoms with E-state index in [9.17, 15) is 14.0 Å². The van der Waals surface area contributed by atoms with Crippen LogP contribution in [0.5, 0.6) is 0 Å². The highest BCUT2D eigenvalue weighted by Crippen LogP contribution is 2.17. The third-order valence-corrected chi connectivity index (χ3v) is 2.99. The molecule has 0 saturated heterocycles. The topological polar surface area (TPSA) is 85.9 Å². The fraction of sp³-hybridized carbons (Fsp3) is 0.867. The number of hydrogen-bond acceptors (Lipinski definition) is 5. The molecule has 1 atom stereocenters. The lowest BCUT2D eigenvalue weighted by atomic mass is 10.0. The third kappa shape index (κ3) is 13.5. The van der Waals surface area contributed by atoms with E-state index >= 15 is 0 Å². The predicted molar refractivity (Wildman–Crippen MR) is 98.5 cm³/mol. The van der Waals surface area contributed by atoms with Crippen molar-refractivity contribution in [2.45, 2.75) is 39.5 Å². The largest absolute Gasteiger partial charge is 0.377 e. The van der Waals surface area contributed by atoms with E-state index in [1.54, 1.807) is 13.8 Å². The molecule has 24 heavy (non-hydrogen) atoms. The molecule has 7 nitrogen and oxygen atoms in total. The van der Waals surface area contributed by atoms with E-state index in [-0.39, 0.29) is 54.5 Å². The summed E-state index contributed by atoms with van der Waals surface area (Å²) in [5, 5.41) is 5.06. The van der Waals surface area contributed by atoms with Gasteiger partial charge in [-0.1, -0.05) is 0 Å². The van der Waals surface area contributed by atoms with Gasteiger partial charge >= 0.3 is 0 Å². The highest BCUT2D eigenvalue weighted by molar-refractivity contribution is 7.59. The summed E-state index contributed by atoms with van der Waals surface area (Å²) in [6, 6.07) is 0. The van der Waals surface area contributed by atoms with Crippen LogP contribution in [0.25, 0.3) is 0 Å². The molecule has 2 N–H and O–H groups in total. The second-order valence-corrected chi connectivity index (χ2v) is 5.46. The van der Waals surface area contributed by atoms with Gasteiger partial charge in [0.25, 0.3) is 0 Å². The van der Waals surface area contributed by atoms with E-state index in [0.29, 0.717) is 19.8 Å². The van der Waals surface area contributed by atoms with E-state index in [0.717, 1.165) is 0 Å². The minimum Gasteiger partial charge on any atom is -0.377 e. The summed E-state index contributed by atoms with van der Waals surface area (Å²) >= 11 is 0. The zero-order chi connectivity index (χ0) is 17.7. The fourth-order valence-electron chi connectivity index (χ4n) is 1.54. The first-order valence-electron chi connectivity index (χ1n) is 7.74. The van der Waals surface area contributed by atoms with E-state index < -0.39 is 11.8 Å². The zero-order valence-corrected chi connectivity index (χ0v) is 15.9. The van der Waals surface area contributed by atoms with Crippen LogP contribution >= 0.6 is 13.5 Å². The van der Waals surface area contributed by atoms with Crippen molar-refractivity contribution >= 4 is 25.3 Å². The molecule has 0 aliphatic carbocycles. The molecule has 0 fully saturated rings. The van der Waals surface area contributed by atoms with E-state index in [1.165, 1.54) is 6.92 Å². The van der Waals surface area contributed by atoms with Crippen molar-refractivity contribution in [3.63, 3.8) is 0 Å². The minimum absolute atomic E-state index is 0. The molecular formula is C15H35FN2O5S. The fourth-order valence-corrected chi connectivity index (χ4v) is 1.54. The Morgan fingerprint density at radius 3 is 2.42 bits per heavy atom. The molecule has 1 unspecified atom stereocenters. The molecule has 2 amide bonds. The van der Waals surface area contributed by atoms with E-state index in [2.05, 4.69) is 10.6 Å². The van der Waals surface area contributed by atoms with Crippen molar-refractivity contribution in [1.29, 1.82) is 0 Å². The first kappa shape index (κ1) is 25.3. The summed E-state index contributed by atoms with van der Waals surface area (Å²) in [6.45, 7) is 8.07. The summed E-state index contributed by atoms with van der Waals surface area (Å²) in [5.41, 5.74) is -1.02. The van der Waals surface area contributed by atoms with Crippen molar-refractivity contribution in [2.75, 3.05) is 46.1 Å². The van der Waals surface area contributed by atoms with Crippen LogP contribution in [0, 0.1) is 0 Å². The number of alkyl halides is 1. The van der Waals surface area contributed by atoms with Gasteiger partial charge in [-0.15, -0.1) is 0 Å².